The fourth-order valence-corrected chi connectivity index (χ4v) is 3.04. The van der Waals surface area contributed by atoms with Gasteiger partial charge in [0.25, 0.3) is 0 Å². The molecular formula is C16H25ClN2. The zero-order chi connectivity index (χ0) is 13.7. The molecule has 1 N–H and O–H groups in total. The maximum absolute atomic E-state index is 6.13. The Labute approximate surface area is 122 Å². The Morgan fingerprint density at radius 2 is 2.00 bits per heavy atom. The summed E-state index contributed by atoms with van der Waals surface area (Å²) >= 11 is 6.13. The predicted molar refractivity (Wildman–Crippen MR) is 84.1 cm³/mol. The molecule has 106 valence electrons. The normalized spacial score (nSPS) is 16.9. The van der Waals surface area contributed by atoms with Crippen molar-refractivity contribution in [1.29, 1.82) is 0 Å². The van der Waals surface area contributed by atoms with Crippen LogP contribution in [0.15, 0.2) is 18.2 Å². The molecule has 0 atom stereocenters. The lowest BCUT2D eigenvalue weighted by molar-refractivity contribution is 0.394. The van der Waals surface area contributed by atoms with Crippen LogP contribution in [0.1, 0.15) is 38.7 Å². The van der Waals surface area contributed by atoms with Crippen LogP contribution in [0.2, 0.25) is 5.02 Å². The molecule has 19 heavy (non-hydrogen) atoms. The van der Waals surface area contributed by atoms with Crippen LogP contribution in [0.25, 0.3) is 0 Å². The Balaban J connectivity index is 2.10. The molecule has 0 spiro atoms. The van der Waals surface area contributed by atoms with Gasteiger partial charge in [0.1, 0.15) is 0 Å². The number of halogens is 1. The summed E-state index contributed by atoms with van der Waals surface area (Å²) < 4.78 is 0. The topological polar surface area (TPSA) is 15.3 Å². The molecule has 3 heteroatoms. The van der Waals surface area contributed by atoms with Gasteiger partial charge in [-0.2, -0.15) is 0 Å². The van der Waals surface area contributed by atoms with Crippen molar-refractivity contribution in [1.82, 2.24) is 5.32 Å². The van der Waals surface area contributed by atoms with E-state index in [1.807, 2.05) is 6.07 Å². The third-order valence-corrected chi connectivity index (χ3v) is 4.37. The minimum Gasteiger partial charge on any atom is -0.371 e. The third-order valence-electron chi connectivity index (χ3n) is 4.14. The van der Waals surface area contributed by atoms with E-state index in [2.05, 4.69) is 36.2 Å². The molecule has 1 aromatic carbocycles. The number of piperidine rings is 1. The highest BCUT2D eigenvalue weighted by Gasteiger charge is 2.19. The summed E-state index contributed by atoms with van der Waals surface area (Å²) in [6.45, 7) is 8.69. The Morgan fingerprint density at radius 1 is 1.26 bits per heavy atom. The first kappa shape index (κ1) is 14.7. The monoisotopic (exact) mass is 280 g/mol. The van der Waals surface area contributed by atoms with Crippen molar-refractivity contribution in [2.24, 2.45) is 5.92 Å². The Morgan fingerprint density at radius 3 is 2.63 bits per heavy atom. The van der Waals surface area contributed by atoms with Crippen LogP contribution in [0.4, 0.5) is 5.69 Å². The summed E-state index contributed by atoms with van der Waals surface area (Å²) in [7, 11) is 0. The maximum Gasteiger partial charge on any atom is 0.0412 e. The number of hydrogen-bond acceptors (Lipinski definition) is 2. The van der Waals surface area contributed by atoms with Gasteiger partial charge in [-0.15, -0.1) is 0 Å². The lowest BCUT2D eigenvalue weighted by Gasteiger charge is -2.34. The molecule has 1 heterocycles. The molecular weight excluding hydrogens is 256 g/mol. The second kappa shape index (κ2) is 7.16. The van der Waals surface area contributed by atoms with Crippen LogP contribution in [0, 0.1) is 5.92 Å². The fourth-order valence-electron chi connectivity index (χ4n) is 2.85. The van der Waals surface area contributed by atoms with E-state index in [1.165, 1.54) is 43.6 Å². The summed E-state index contributed by atoms with van der Waals surface area (Å²) in [4.78, 5) is 2.52. The fraction of sp³-hybridized carbons (Fsp3) is 0.625. The second-order valence-corrected chi connectivity index (χ2v) is 5.83. The van der Waals surface area contributed by atoms with Gasteiger partial charge in [-0.25, -0.2) is 0 Å². The minimum absolute atomic E-state index is 0.833. The van der Waals surface area contributed by atoms with Crippen LogP contribution in [-0.2, 0) is 6.54 Å². The molecule has 2 nitrogen and oxygen atoms in total. The molecule has 0 unspecified atom stereocenters. The van der Waals surface area contributed by atoms with Gasteiger partial charge in [-0.1, -0.05) is 31.9 Å². The SMILES string of the molecule is CCNCc1cc(Cl)ccc1N1CCC(CC)CC1. The number of nitrogens with one attached hydrogen (secondary N) is 1. The smallest absolute Gasteiger partial charge is 0.0412 e. The van der Waals surface area contributed by atoms with Crippen LogP contribution in [-0.4, -0.2) is 19.6 Å². The molecule has 1 aliphatic rings. The number of nitrogens with zero attached hydrogens (tertiary/aromatic N) is 1. The predicted octanol–water partition coefficient (Wildman–Crippen LogP) is 4.08. The zero-order valence-electron chi connectivity index (χ0n) is 12.1. The summed E-state index contributed by atoms with van der Waals surface area (Å²) in [6.07, 6.45) is 3.96. The van der Waals surface area contributed by atoms with Gasteiger partial charge < -0.3 is 10.2 Å². The van der Waals surface area contributed by atoms with Gasteiger partial charge in [0.05, 0.1) is 0 Å². The van der Waals surface area contributed by atoms with Gasteiger partial charge in [0.2, 0.25) is 0 Å². The first-order valence-electron chi connectivity index (χ1n) is 7.48. The average molecular weight is 281 g/mol. The van der Waals surface area contributed by atoms with Crippen LogP contribution in [0.3, 0.4) is 0 Å². The second-order valence-electron chi connectivity index (χ2n) is 5.39. The van der Waals surface area contributed by atoms with E-state index in [9.17, 15) is 0 Å². The summed E-state index contributed by atoms with van der Waals surface area (Å²) in [6, 6.07) is 6.30. The minimum atomic E-state index is 0.833. The van der Waals surface area contributed by atoms with Crippen molar-refractivity contribution in [3.05, 3.63) is 28.8 Å². The average Bonchev–Trinajstić information content (AvgIpc) is 2.45. The molecule has 2 rings (SSSR count). The number of benzene rings is 1. The molecule has 1 fully saturated rings. The molecule has 0 amide bonds. The van der Waals surface area contributed by atoms with E-state index in [1.54, 1.807) is 0 Å². The van der Waals surface area contributed by atoms with Crippen LogP contribution >= 0.6 is 11.6 Å². The number of hydrogen-bond donors (Lipinski definition) is 1. The summed E-state index contributed by atoms with van der Waals surface area (Å²) in [5, 5.41) is 4.24. The van der Waals surface area contributed by atoms with Crippen LogP contribution in [0.5, 0.6) is 0 Å². The van der Waals surface area contributed by atoms with E-state index in [0.717, 1.165) is 24.0 Å². The maximum atomic E-state index is 6.13. The molecule has 1 aromatic rings. The Hall–Kier alpha value is -0.730. The molecule has 1 saturated heterocycles. The first-order valence-corrected chi connectivity index (χ1v) is 7.86. The Bertz CT molecular complexity index is 398. The van der Waals surface area contributed by atoms with E-state index in [0.29, 0.717) is 0 Å². The van der Waals surface area contributed by atoms with E-state index < -0.39 is 0 Å². The Kier molecular flexibility index (Phi) is 5.53. The highest BCUT2D eigenvalue weighted by molar-refractivity contribution is 6.30. The van der Waals surface area contributed by atoms with Crippen LogP contribution < -0.4 is 10.2 Å². The van der Waals surface area contributed by atoms with E-state index in [-0.39, 0.29) is 0 Å². The highest BCUT2D eigenvalue weighted by atomic mass is 35.5. The highest BCUT2D eigenvalue weighted by Crippen LogP contribution is 2.29. The largest absolute Gasteiger partial charge is 0.371 e. The van der Waals surface area contributed by atoms with Gasteiger partial charge >= 0.3 is 0 Å². The number of rotatable bonds is 5. The van der Waals surface area contributed by atoms with Gasteiger partial charge in [0, 0.05) is 30.3 Å². The van der Waals surface area contributed by atoms with E-state index >= 15 is 0 Å². The van der Waals surface area contributed by atoms with Crippen molar-refractivity contribution in [2.75, 3.05) is 24.5 Å². The molecule has 0 radical (unpaired) electrons. The zero-order valence-corrected chi connectivity index (χ0v) is 12.8. The van der Waals surface area contributed by atoms with Crippen molar-refractivity contribution in [3.63, 3.8) is 0 Å². The van der Waals surface area contributed by atoms with Gasteiger partial charge in [0.15, 0.2) is 0 Å². The lowest BCUT2D eigenvalue weighted by Crippen LogP contribution is -2.34. The van der Waals surface area contributed by atoms with Crippen molar-refractivity contribution >= 4 is 17.3 Å². The summed E-state index contributed by atoms with van der Waals surface area (Å²) in [5.74, 6) is 0.917. The summed E-state index contributed by atoms with van der Waals surface area (Å²) in [5.41, 5.74) is 2.68. The lowest BCUT2D eigenvalue weighted by atomic mass is 9.94. The molecule has 0 aliphatic carbocycles. The third kappa shape index (κ3) is 3.87. The molecule has 0 bridgehead atoms. The number of anilines is 1. The molecule has 1 aliphatic heterocycles. The first-order chi connectivity index (χ1) is 9.24. The van der Waals surface area contributed by atoms with Gasteiger partial charge in [-0.3, -0.25) is 0 Å². The molecule has 0 saturated carbocycles. The van der Waals surface area contributed by atoms with Crippen molar-refractivity contribution in [2.45, 2.75) is 39.7 Å². The molecule has 0 aromatic heterocycles. The van der Waals surface area contributed by atoms with Gasteiger partial charge in [-0.05, 0) is 49.1 Å². The van der Waals surface area contributed by atoms with Crippen molar-refractivity contribution in [3.8, 4) is 0 Å². The van der Waals surface area contributed by atoms with E-state index in [4.69, 9.17) is 11.6 Å². The van der Waals surface area contributed by atoms with Crippen molar-refractivity contribution < 1.29 is 0 Å². The quantitative estimate of drug-likeness (QED) is 0.874. The standard InChI is InChI=1S/C16H25ClN2/c1-3-13-7-9-19(10-8-13)16-6-5-15(17)11-14(16)12-18-4-2/h5-6,11,13,18H,3-4,7-10,12H2,1-2H3.